The zero-order chi connectivity index (χ0) is 22.7. The highest BCUT2D eigenvalue weighted by molar-refractivity contribution is 6.03. The number of allylic oxidation sites excluding steroid dienone is 4. The predicted molar refractivity (Wildman–Crippen MR) is 118 cm³/mol. The van der Waals surface area contributed by atoms with Gasteiger partial charge >= 0.3 is 0 Å². The fourth-order valence-corrected chi connectivity index (χ4v) is 3.65. The Kier molecular flexibility index (Phi) is 6.59. The quantitative estimate of drug-likeness (QED) is 0.459. The van der Waals surface area contributed by atoms with E-state index >= 15 is 0 Å². The minimum Gasteiger partial charge on any atom is -0.508 e. The van der Waals surface area contributed by atoms with E-state index in [2.05, 4.69) is 19.9 Å². The van der Waals surface area contributed by atoms with Gasteiger partial charge in [0.15, 0.2) is 5.78 Å². The molecule has 0 aliphatic carbocycles. The molecule has 2 aromatic rings. The summed E-state index contributed by atoms with van der Waals surface area (Å²) >= 11 is 0. The molecule has 0 saturated carbocycles. The molecular formula is C25H28O6. The Bertz CT molecular complexity index is 1060. The molecule has 0 spiro atoms. The number of hydrogen-bond acceptors (Lipinski definition) is 6. The summed E-state index contributed by atoms with van der Waals surface area (Å²) in [5.74, 6) is -1.01. The molecule has 6 heteroatoms. The van der Waals surface area contributed by atoms with Crippen LogP contribution in [0.2, 0.25) is 0 Å². The number of rotatable bonds is 6. The van der Waals surface area contributed by atoms with Crippen molar-refractivity contribution in [3.05, 3.63) is 64.3 Å². The van der Waals surface area contributed by atoms with Crippen LogP contribution >= 0.6 is 0 Å². The van der Waals surface area contributed by atoms with Crippen molar-refractivity contribution >= 4 is 5.78 Å². The molecule has 6 nitrogen and oxygen atoms in total. The number of aromatic hydroxyl groups is 4. The van der Waals surface area contributed by atoms with E-state index in [-0.39, 0.29) is 52.1 Å². The maximum Gasteiger partial charge on any atom is 0.174 e. The second-order valence-electron chi connectivity index (χ2n) is 8.15. The van der Waals surface area contributed by atoms with Crippen molar-refractivity contribution in [2.75, 3.05) is 0 Å². The minimum absolute atomic E-state index is 0.0397. The van der Waals surface area contributed by atoms with Gasteiger partial charge in [-0.15, -0.1) is 0 Å². The molecule has 0 unspecified atom stereocenters. The van der Waals surface area contributed by atoms with Crippen LogP contribution in [0.15, 0.2) is 47.6 Å². The third-order valence-corrected chi connectivity index (χ3v) is 5.37. The summed E-state index contributed by atoms with van der Waals surface area (Å²) in [6, 6.07) is 5.37. The van der Waals surface area contributed by atoms with Crippen molar-refractivity contribution in [3.8, 4) is 28.7 Å². The van der Waals surface area contributed by atoms with E-state index in [1.54, 1.807) is 0 Å². The summed E-state index contributed by atoms with van der Waals surface area (Å²) in [7, 11) is 0. The number of hydrogen-bond donors (Lipinski definition) is 4. The Morgan fingerprint density at radius 2 is 1.81 bits per heavy atom. The number of fused-ring (bicyclic) bond motifs is 1. The summed E-state index contributed by atoms with van der Waals surface area (Å²) in [5.41, 5.74) is 3.05. The zero-order valence-corrected chi connectivity index (χ0v) is 18.0. The molecule has 0 aromatic heterocycles. The standard InChI is InChI=1S/C25H28O6/c1-14(2)5-4-6-15(3)7-9-18-20(28)12-23-24(25(18)30)21(29)13-22(31-23)17-10-8-16(26)11-19(17)27/h5,7-8,10-12,22,26-28,30H,4,6,9,13H2,1-3H3/b15-7+/t22-/m0/s1. The topological polar surface area (TPSA) is 107 Å². The minimum atomic E-state index is -0.789. The number of phenolic OH excluding ortho intramolecular Hbond substituents is 4. The van der Waals surface area contributed by atoms with Gasteiger partial charge in [-0.25, -0.2) is 0 Å². The van der Waals surface area contributed by atoms with Gasteiger partial charge in [0.2, 0.25) is 0 Å². The van der Waals surface area contributed by atoms with Crippen molar-refractivity contribution in [2.24, 2.45) is 0 Å². The van der Waals surface area contributed by atoms with Gasteiger partial charge in [-0.2, -0.15) is 0 Å². The molecule has 4 N–H and O–H groups in total. The first-order valence-corrected chi connectivity index (χ1v) is 10.3. The largest absolute Gasteiger partial charge is 0.508 e. The van der Waals surface area contributed by atoms with Crippen LogP contribution in [0.3, 0.4) is 0 Å². The monoisotopic (exact) mass is 424 g/mol. The van der Waals surface area contributed by atoms with Crippen molar-refractivity contribution in [2.45, 2.75) is 52.6 Å². The van der Waals surface area contributed by atoms with Gasteiger partial charge in [-0.3, -0.25) is 4.79 Å². The zero-order valence-electron chi connectivity index (χ0n) is 18.0. The number of phenols is 4. The molecule has 164 valence electrons. The molecular weight excluding hydrogens is 396 g/mol. The average molecular weight is 424 g/mol. The van der Waals surface area contributed by atoms with Crippen LogP contribution in [-0.4, -0.2) is 26.2 Å². The number of carbonyl (C=O) groups excluding carboxylic acids is 1. The van der Waals surface area contributed by atoms with Crippen LogP contribution in [0, 0.1) is 0 Å². The Balaban J connectivity index is 1.85. The fourth-order valence-electron chi connectivity index (χ4n) is 3.65. The SMILES string of the molecule is CC(C)=CCC/C(C)=C/Cc1c(O)cc2c(c1O)C(=O)C[C@@H](c1ccc(O)cc1O)O2. The summed E-state index contributed by atoms with van der Waals surface area (Å²) in [5, 5.41) is 40.7. The van der Waals surface area contributed by atoms with Gasteiger partial charge in [0.25, 0.3) is 0 Å². The lowest BCUT2D eigenvalue weighted by atomic mass is 9.92. The number of carbonyl (C=O) groups is 1. The third kappa shape index (κ3) is 5.02. The van der Waals surface area contributed by atoms with Gasteiger partial charge < -0.3 is 25.2 Å². The van der Waals surface area contributed by atoms with Crippen LogP contribution in [0.4, 0.5) is 0 Å². The molecule has 1 aliphatic heterocycles. The predicted octanol–water partition coefficient (Wildman–Crippen LogP) is 5.45. The van der Waals surface area contributed by atoms with Crippen molar-refractivity contribution < 1.29 is 30.0 Å². The fraction of sp³-hybridized carbons (Fsp3) is 0.320. The first-order chi connectivity index (χ1) is 14.7. The molecule has 0 bridgehead atoms. The second-order valence-corrected chi connectivity index (χ2v) is 8.15. The number of ether oxygens (including phenoxy) is 1. The van der Waals surface area contributed by atoms with Crippen LogP contribution in [-0.2, 0) is 6.42 Å². The van der Waals surface area contributed by atoms with E-state index in [0.29, 0.717) is 12.0 Å². The van der Waals surface area contributed by atoms with Crippen molar-refractivity contribution in [3.63, 3.8) is 0 Å². The lowest BCUT2D eigenvalue weighted by Gasteiger charge is -2.27. The van der Waals surface area contributed by atoms with E-state index in [4.69, 9.17) is 4.74 Å². The first-order valence-electron chi connectivity index (χ1n) is 10.3. The molecule has 2 aromatic carbocycles. The van der Waals surface area contributed by atoms with Gasteiger partial charge in [0.05, 0.1) is 6.42 Å². The van der Waals surface area contributed by atoms with Gasteiger partial charge in [-0.05, 0) is 52.2 Å². The van der Waals surface area contributed by atoms with E-state index < -0.39 is 6.10 Å². The Morgan fingerprint density at radius 1 is 1.06 bits per heavy atom. The summed E-state index contributed by atoms with van der Waals surface area (Å²) in [6.45, 7) is 6.10. The molecule has 0 radical (unpaired) electrons. The molecule has 1 aliphatic rings. The van der Waals surface area contributed by atoms with Gasteiger partial charge in [0, 0.05) is 23.3 Å². The Labute approximate surface area is 181 Å². The van der Waals surface area contributed by atoms with Crippen LogP contribution in [0.25, 0.3) is 0 Å². The molecule has 3 rings (SSSR count). The molecule has 1 atom stereocenters. The molecule has 0 amide bonds. The van der Waals surface area contributed by atoms with Crippen LogP contribution in [0.5, 0.6) is 28.7 Å². The third-order valence-electron chi connectivity index (χ3n) is 5.37. The molecule has 31 heavy (non-hydrogen) atoms. The second kappa shape index (κ2) is 9.16. The molecule has 0 fully saturated rings. The number of Topliss-reactive ketones (excluding diaryl/α,β-unsaturated/α-hetero) is 1. The van der Waals surface area contributed by atoms with E-state index in [1.165, 1.54) is 29.8 Å². The lowest BCUT2D eigenvalue weighted by molar-refractivity contribution is 0.0841. The van der Waals surface area contributed by atoms with Crippen molar-refractivity contribution in [1.82, 2.24) is 0 Å². The van der Waals surface area contributed by atoms with E-state index in [0.717, 1.165) is 18.4 Å². The van der Waals surface area contributed by atoms with Gasteiger partial charge in [0.1, 0.15) is 40.4 Å². The Hall–Kier alpha value is -3.41. The highest BCUT2D eigenvalue weighted by atomic mass is 16.5. The average Bonchev–Trinajstić information content (AvgIpc) is 2.66. The normalized spacial score (nSPS) is 15.9. The summed E-state index contributed by atoms with van der Waals surface area (Å²) < 4.78 is 5.82. The van der Waals surface area contributed by atoms with E-state index in [9.17, 15) is 25.2 Å². The van der Waals surface area contributed by atoms with Crippen LogP contribution < -0.4 is 4.74 Å². The highest BCUT2D eigenvalue weighted by Gasteiger charge is 2.33. The highest BCUT2D eigenvalue weighted by Crippen LogP contribution is 2.46. The maximum atomic E-state index is 12.8. The summed E-state index contributed by atoms with van der Waals surface area (Å²) in [6.07, 6.45) is 5.31. The smallest absolute Gasteiger partial charge is 0.174 e. The van der Waals surface area contributed by atoms with Crippen molar-refractivity contribution in [1.29, 1.82) is 0 Å². The maximum absolute atomic E-state index is 12.8. The Morgan fingerprint density at radius 3 is 2.48 bits per heavy atom. The summed E-state index contributed by atoms with van der Waals surface area (Å²) in [4.78, 5) is 12.8. The van der Waals surface area contributed by atoms with Gasteiger partial charge in [-0.1, -0.05) is 23.3 Å². The number of benzene rings is 2. The van der Waals surface area contributed by atoms with Crippen LogP contribution in [0.1, 0.15) is 67.6 Å². The molecule has 1 heterocycles. The first kappa shape index (κ1) is 22.3. The van der Waals surface area contributed by atoms with E-state index in [1.807, 2.05) is 13.0 Å². The molecule has 0 saturated heterocycles. The lowest BCUT2D eigenvalue weighted by Crippen LogP contribution is -2.21. The number of ketones is 1.